The molecule has 4 amide bonds. The molecule has 5 rings (SSSR count). The molecule has 2 aromatic heterocycles. The molecular weight excluding hydrogens is 600 g/mol. The molecule has 0 atom stereocenters. The normalized spacial score (nSPS) is 11.2. The number of para-hydroxylation sites is 2. The number of pyridine rings is 2. The standard InChI is InChI=1S/C35H34N6O6/c42-29(15-3-1-2-4-16-30(43)41-47)38-26-19-17-25(18-20-26)35(46,33(44)39-27-13-5-9-23-11-7-21-36-31(23)27)34(45)40-28-14-6-10-24-12-8-22-37-32(24)28/h5-14,17-22,46-47H,1-4,15-16H2,(H,38,42)(H,39,44)(H,40,45)(H,41,43). The lowest BCUT2D eigenvalue weighted by molar-refractivity contribution is -0.148. The second kappa shape index (κ2) is 15.0. The summed E-state index contributed by atoms with van der Waals surface area (Å²) in [7, 11) is 0. The SMILES string of the molecule is O=C(CCCCCCC(=O)Nc1ccc(C(O)(C(=O)Nc2cccc3cccnc23)C(=O)Nc2cccc3cccnc23)cc1)NO. The summed E-state index contributed by atoms with van der Waals surface area (Å²) < 4.78 is 0. The summed E-state index contributed by atoms with van der Waals surface area (Å²) in [5, 5.41) is 30.2. The number of benzene rings is 3. The first-order chi connectivity index (χ1) is 22.8. The zero-order valence-corrected chi connectivity index (χ0v) is 25.4. The maximum absolute atomic E-state index is 13.9. The van der Waals surface area contributed by atoms with Crippen LogP contribution in [0.5, 0.6) is 0 Å². The molecule has 0 aliphatic heterocycles. The molecule has 2 heterocycles. The number of hydrogen-bond acceptors (Lipinski definition) is 8. The number of carbonyl (C=O) groups is 4. The van der Waals surface area contributed by atoms with Crippen LogP contribution in [0.25, 0.3) is 21.8 Å². The third-order valence-corrected chi connectivity index (χ3v) is 7.69. The van der Waals surface area contributed by atoms with Crippen molar-refractivity contribution in [2.24, 2.45) is 0 Å². The van der Waals surface area contributed by atoms with Gasteiger partial charge in [-0.15, -0.1) is 0 Å². The van der Waals surface area contributed by atoms with Gasteiger partial charge in [0.1, 0.15) is 0 Å². The number of hydroxylamine groups is 1. The topological polar surface area (TPSA) is 183 Å². The van der Waals surface area contributed by atoms with Gasteiger partial charge in [0.15, 0.2) is 0 Å². The Balaban J connectivity index is 1.35. The van der Waals surface area contributed by atoms with Crippen LogP contribution in [0.15, 0.2) is 97.3 Å². The number of rotatable bonds is 13. The largest absolute Gasteiger partial charge is 0.368 e. The van der Waals surface area contributed by atoms with E-state index in [1.165, 1.54) is 24.3 Å². The summed E-state index contributed by atoms with van der Waals surface area (Å²) in [6.45, 7) is 0. The number of unbranched alkanes of at least 4 members (excludes halogenated alkanes) is 3. The van der Waals surface area contributed by atoms with Crippen molar-refractivity contribution < 1.29 is 29.5 Å². The number of aromatic nitrogens is 2. The molecule has 47 heavy (non-hydrogen) atoms. The van der Waals surface area contributed by atoms with Gasteiger partial charge in [-0.3, -0.25) is 34.4 Å². The van der Waals surface area contributed by atoms with Crippen LogP contribution in [-0.4, -0.2) is 43.9 Å². The van der Waals surface area contributed by atoms with Crippen LogP contribution >= 0.6 is 0 Å². The van der Waals surface area contributed by atoms with Crippen molar-refractivity contribution in [1.29, 1.82) is 0 Å². The molecule has 5 aromatic rings. The maximum Gasteiger partial charge on any atom is 0.271 e. The first-order valence-corrected chi connectivity index (χ1v) is 15.2. The molecule has 0 saturated carbocycles. The molecule has 0 spiro atoms. The van der Waals surface area contributed by atoms with Crippen LogP contribution in [-0.2, 0) is 24.8 Å². The zero-order chi connectivity index (χ0) is 33.2. The van der Waals surface area contributed by atoms with Crippen molar-refractivity contribution in [3.63, 3.8) is 0 Å². The fourth-order valence-electron chi connectivity index (χ4n) is 5.20. The van der Waals surface area contributed by atoms with Gasteiger partial charge in [0, 0.05) is 47.3 Å². The third kappa shape index (κ3) is 7.75. The summed E-state index contributed by atoms with van der Waals surface area (Å²) in [5.41, 5.74) is 0.866. The minimum Gasteiger partial charge on any atom is -0.368 e. The molecule has 12 nitrogen and oxygen atoms in total. The number of nitrogens with one attached hydrogen (secondary N) is 4. The van der Waals surface area contributed by atoms with Gasteiger partial charge < -0.3 is 21.1 Å². The van der Waals surface area contributed by atoms with Gasteiger partial charge in [-0.1, -0.05) is 61.4 Å². The molecule has 0 radical (unpaired) electrons. The molecule has 12 heteroatoms. The Labute approximate surface area is 270 Å². The predicted octanol–water partition coefficient (Wildman–Crippen LogP) is 5.03. The number of fused-ring (bicyclic) bond motifs is 2. The monoisotopic (exact) mass is 634 g/mol. The molecule has 0 aliphatic carbocycles. The number of hydrogen-bond donors (Lipinski definition) is 6. The lowest BCUT2D eigenvalue weighted by Crippen LogP contribution is -2.50. The number of amides is 4. The van der Waals surface area contributed by atoms with E-state index in [4.69, 9.17) is 5.21 Å². The lowest BCUT2D eigenvalue weighted by atomic mass is 9.91. The molecule has 0 bridgehead atoms. The van der Waals surface area contributed by atoms with Crippen LogP contribution in [0.3, 0.4) is 0 Å². The molecule has 240 valence electrons. The van der Waals surface area contributed by atoms with Crippen molar-refractivity contribution in [1.82, 2.24) is 15.4 Å². The van der Waals surface area contributed by atoms with Crippen molar-refractivity contribution in [2.45, 2.75) is 44.1 Å². The Kier molecular flexibility index (Phi) is 10.5. The van der Waals surface area contributed by atoms with Crippen molar-refractivity contribution in [3.8, 4) is 0 Å². The summed E-state index contributed by atoms with van der Waals surface area (Å²) in [6.07, 6.45) is 6.32. The molecule has 0 fully saturated rings. The van der Waals surface area contributed by atoms with Crippen molar-refractivity contribution in [3.05, 3.63) is 103 Å². The Morgan fingerprint density at radius 3 is 1.60 bits per heavy atom. The van der Waals surface area contributed by atoms with E-state index in [1.807, 2.05) is 24.3 Å². The maximum atomic E-state index is 13.9. The highest BCUT2D eigenvalue weighted by Gasteiger charge is 2.46. The molecule has 6 N–H and O–H groups in total. The minimum atomic E-state index is -2.71. The quantitative estimate of drug-likeness (QED) is 0.0451. The van der Waals surface area contributed by atoms with Crippen molar-refractivity contribution in [2.75, 3.05) is 16.0 Å². The Bertz CT molecular complexity index is 1810. The van der Waals surface area contributed by atoms with Crippen LogP contribution in [0, 0.1) is 0 Å². The van der Waals surface area contributed by atoms with E-state index in [1.54, 1.807) is 54.3 Å². The van der Waals surface area contributed by atoms with Gasteiger partial charge in [0.05, 0.1) is 22.4 Å². The number of nitrogens with zero attached hydrogens (tertiary/aromatic N) is 2. The van der Waals surface area contributed by atoms with Gasteiger partial charge in [-0.05, 0) is 49.2 Å². The van der Waals surface area contributed by atoms with Crippen molar-refractivity contribution >= 4 is 62.5 Å². The molecule has 0 aliphatic rings. The fourth-order valence-corrected chi connectivity index (χ4v) is 5.20. The molecule has 3 aromatic carbocycles. The average molecular weight is 635 g/mol. The smallest absolute Gasteiger partial charge is 0.271 e. The molecule has 0 unspecified atom stereocenters. The lowest BCUT2D eigenvalue weighted by Gasteiger charge is -2.27. The Morgan fingerprint density at radius 1 is 0.596 bits per heavy atom. The number of anilines is 3. The summed E-state index contributed by atoms with van der Waals surface area (Å²) in [5.74, 6) is -2.68. The van der Waals surface area contributed by atoms with Gasteiger partial charge in [-0.25, -0.2) is 5.48 Å². The first kappa shape index (κ1) is 32.7. The highest BCUT2D eigenvalue weighted by atomic mass is 16.5. The van der Waals surface area contributed by atoms with E-state index < -0.39 is 23.3 Å². The van der Waals surface area contributed by atoms with Crippen LogP contribution < -0.4 is 21.4 Å². The second-order valence-electron chi connectivity index (χ2n) is 11.0. The Hall–Kier alpha value is -5.72. The van der Waals surface area contributed by atoms with Gasteiger partial charge >= 0.3 is 0 Å². The molecule has 0 saturated heterocycles. The predicted molar refractivity (Wildman–Crippen MR) is 177 cm³/mol. The van der Waals surface area contributed by atoms with Gasteiger partial charge in [-0.2, -0.15) is 0 Å². The van der Waals surface area contributed by atoms with E-state index in [-0.39, 0.29) is 24.3 Å². The third-order valence-electron chi connectivity index (χ3n) is 7.69. The number of carbonyl (C=O) groups excluding carboxylic acids is 4. The van der Waals surface area contributed by atoms with Crippen LogP contribution in [0.2, 0.25) is 0 Å². The van der Waals surface area contributed by atoms with E-state index in [2.05, 4.69) is 25.9 Å². The Morgan fingerprint density at radius 2 is 1.09 bits per heavy atom. The number of aliphatic hydroxyl groups is 1. The van der Waals surface area contributed by atoms with Gasteiger partial charge in [0.2, 0.25) is 17.4 Å². The van der Waals surface area contributed by atoms with E-state index >= 15 is 0 Å². The highest BCUT2D eigenvalue weighted by Crippen LogP contribution is 2.30. The summed E-state index contributed by atoms with van der Waals surface area (Å²) >= 11 is 0. The zero-order valence-electron chi connectivity index (χ0n) is 25.4. The second-order valence-corrected chi connectivity index (χ2v) is 11.0. The van der Waals surface area contributed by atoms with Crippen LogP contribution in [0.4, 0.5) is 17.1 Å². The van der Waals surface area contributed by atoms with Crippen LogP contribution in [0.1, 0.15) is 44.1 Å². The summed E-state index contributed by atoms with van der Waals surface area (Å²) in [6, 6.07) is 23.4. The molecular formula is C35H34N6O6. The summed E-state index contributed by atoms with van der Waals surface area (Å²) in [4.78, 5) is 60.1. The van der Waals surface area contributed by atoms with E-state index in [0.717, 1.165) is 23.6 Å². The average Bonchev–Trinajstić information content (AvgIpc) is 3.09. The first-order valence-electron chi connectivity index (χ1n) is 15.2. The van der Waals surface area contributed by atoms with E-state index in [9.17, 15) is 24.3 Å². The van der Waals surface area contributed by atoms with Gasteiger partial charge in [0.25, 0.3) is 11.8 Å². The highest BCUT2D eigenvalue weighted by molar-refractivity contribution is 6.19. The van der Waals surface area contributed by atoms with E-state index in [0.29, 0.717) is 40.9 Å². The fraction of sp³-hybridized carbons (Fsp3) is 0.200. The minimum absolute atomic E-state index is 0.0289.